The van der Waals surface area contributed by atoms with Gasteiger partial charge in [0, 0.05) is 24.4 Å². The van der Waals surface area contributed by atoms with Crippen LogP contribution in [0, 0.1) is 5.92 Å². The number of carbonyl (C=O) groups excluding carboxylic acids is 1. The largest absolute Gasteiger partial charge is 0.299 e. The van der Waals surface area contributed by atoms with Gasteiger partial charge in [0.1, 0.15) is 5.78 Å². The molecule has 0 saturated carbocycles. The van der Waals surface area contributed by atoms with Gasteiger partial charge in [-0.05, 0) is 26.3 Å². The third kappa shape index (κ3) is 1.09. The smallest absolute Gasteiger partial charge is 0.138 e. The van der Waals surface area contributed by atoms with Crippen LogP contribution in [0.2, 0.25) is 0 Å². The fourth-order valence-corrected chi connectivity index (χ4v) is 2.57. The van der Waals surface area contributed by atoms with Crippen LogP contribution in [0.15, 0.2) is 0 Å². The Labute approximate surface area is 73.9 Å². The second-order valence-electron chi connectivity index (χ2n) is 4.59. The molecular formula is C10H17NO. The highest BCUT2D eigenvalue weighted by atomic mass is 16.1. The molecular weight excluding hydrogens is 150 g/mol. The summed E-state index contributed by atoms with van der Waals surface area (Å²) in [7, 11) is 0. The topological polar surface area (TPSA) is 20.3 Å². The third-order valence-electron chi connectivity index (χ3n) is 3.51. The van der Waals surface area contributed by atoms with E-state index in [4.69, 9.17) is 0 Å². The lowest BCUT2D eigenvalue weighted by Gasteiger charge is -2.41. The van der Waals surface area contributed by atoms with Crippen molar-refractivity contribution in [3.63, 3.8) is 0 Å². The first-order valence-electron chi connectivity index (χ1n) is 4.90. The normalized spacial score (nSPS) is 43.2. The summed E-state index contributed by atoms with van der Waals surface area (Å²) in [4.78, 5) is 14.0. The maximum atomic E-state index is 11.5. The van der Waals surface area contributed by atoms with Crippen molar-refractivity contribution in [2.75, 3.05) is 13.1 Å². The van der Waals surface area contributed by atoms with Gasteiger partial charge in [-0.3, -0.25) is 9.69 Å². The number of Topliss-reactive ketones (excluding diaryl/α,β-unsaturated/α-hetero) is 1. The number of rotatable bonds is 0. The van der Waals surface area contributed by atoms with Crippen LogP contribution in [-0.2, 0) is 4.79 Å². The summed E-state index contributed by atoms with van der Waals surface area (Å²) in [6.45, 7) is 6.49. The molecule has 0 aromatic heterocycles. The minimum absolute atomic E-state index is 0.226. The fraction of sp³-hybridized carbons (Fsp3) is 0.900. The highest BCUT2D eigenvalue weighted by molar-refractivity contribution is 5.83. The van der Waals surface area contributed by atoms with Crippen molar-refractivity contribution < 1.29 is 4.79 Å². The SMILES string of the molecule is CC1CN2CCCC2(C)CC1=O. The maximum absolute atomic E-state index is 11.5. The van der Waals surface area contributed by atoms with Crippen molar-refractivity contribution in [3.05, 3.63) is 0 Å². The molecule has 2 unspecified atom stereocenters. The molecule has 2 aliphatic heterocycles. The van der Waals surface area contributed by atoms with E-state index in [0.717, 1.165) is 13.0 Å². The number of piperidine rings is 1. The van der Waals surface area contributed by atoms with Crippen molar-refractivity contribution in [1.29, 1.82) is 0 Å². The number of carbonyl (C=O) groups is 1. The summed E-state index contributed by atoms with van der Waals surface area (Å²) >= 11 is 0. The molecule has 0 radical (unpaired) electrons. The summed E-state index contributed by atoms with van der Waals surface area (Å²) in [5.41, 5.74) is 0.226. The van der Waals surface area contributed by atoms with Crippen LogP contribution in [-0.4, -0.2) is 29.3 Å². The zero-order valence-corrected chi connectivity index (χ0v) is 7.97. The monoisotopic (exact) mass is 167 g/mol. The molecule has 0 spiro atoms. The van der Waals surface area contributed by atoms with Gasteiger partial charge < -0.3 is 0 Å². The second kappa shape index (κ2) is 2.56. The molecule has 0 bridgehead atoms. The van der Waals surface area contributed by atoms with Gasteiger partial charge in [-0.15, -0.1) is 0 Å². The first-order chi connectivity index (χ1) is 5.62. The summed E-state index contributed by atoms with van der Waals surface area (Å²) < 4.78 is 0. The summed E-state index contributed by atoms with van der Waals surface area (Å²) in [6, 6.07) is 0. The molecule has 2 heteroatoms. The minimum Gasteiger partial charge on any atom is -0.299 e. The average Bonchev–Trinajstić information content (AvgIpc) is 2.32. The van der Waals surface area contributed by atoms with Gasteiger partial charge in [0.25, 0.3) is 0 Å². The van der Waals surface area contributed by atoms with E-state index in [0.29, 0.717) is 5.78 Å². The zero-order chi connectivity index (χ0) is 8.77. The lowest BCUT2D eigenvalue weighted by Crippen LogP contribution is -2.51. The molecule has 0 amide bonds. The molecule has 68 valence electrons. The Hall–Kier alpha value is -0.370. The third-order valence-corrected chi connectivity index (χ3v) is 3.51. The van der Waals surface area contributed by atoms with Crippen LogP contribution in [0.3, 0.4) is 0 Å². The van der Waals surface area contributed by atoms with E-state index in [1.54, 1.807) is 0 Å². The van der Waals surface area contributed by atoms with Gasteiger partial charge in [-0.1, -0.05) is 6.92 Å². The van der Waals surface area contributed by atoms with Crippen LogP contribution < -0.4 is 0 Å². The van der Waals surface area contributed by atoms with E-state index < -0.39 is 0 Å². The zero-order valence-electron chi connectivity index (χ0n) is 7.97. The number of ketones is 1. The standard InChI is InChI=1S/C10H17NO/c1-8-7-11-5-3-4-10(11,2)6-9(8)12/h8H,3-7H2,1-2H3. The number of hydrogen-bond acceptors (Lipinski definition) is 2. The molecule has 0 aromatic carbocycles. The van der Waals surface area contributed by atoms with Crippen LogP contribution in [0.1, 0.15) is 33.1 Å². The average molecular weight is 167 g/mol. The summed E-state index contributed by atoms with van der Waals surface area (Å²) in [5.74, 6) is 0.742. The molecule has 2 fully saturated rings. The highest BCUT2D eigenvalue weighted by Crippen LogP contribution is 2.36. The highest BCUT2D eigenvalue weighted by Gasteiger charge is 2.43. The molecule has 2 aliphatic rings. The molecule has 2 saturated heterocycles. The Morgan fingerprint density at radius 1 is 1.58 bits per heavy atom. The minimum atomic E-state index is 0.226. The molecule has 2 rings (SSSR count). The number of hydrogen-bond donors (Lipinski definition) is 0. The quantitative estimate of drug-likeness (QED) is 0.544. The van der Waals surface area contributed by atoms with Gasteiger partial charge in [0.2, 0.25) is 0 Å². The first-order valence-corrected chi connectivity index (χ1v) is 4.90. The van der Waals surface area contributed by atoms with Crippen molar-refractivity contribution >= 4 is 5.78 Å². The van der Waals surface area contributed by atoms with Crippen LogP contribution in [0.25, 0.3) is 0 Å². The molecule has 0 N–H and O–H groups in total. The van der Waals surface area contributed by atoms with Crippen molar-refractivity contribution in [1.82, 2.24) is 4.90 Å². The lowest BCUT2D eigenvalue weighted by molar-refractivity contribution is -0.129. The van der Waals surface area contributed by atoms with Gasteiger partial charge in [0.05, 0.1) is 0 Å². The van der Waals surface area contributed by atoms with Crippen LogP contribution in [0.5, 0.6) is 0 Å². The van der Waals surface area contributed by atoms with E-state index in [2.05, 4.69) is 18.7 Å². The fourth-order valence-electron chi connectivity index (χ4n) is 2.57. The summed E-state index contributed by atoms with van der Waals surface area (Å²) in [5, 5.41) is 0. The predicted molar refractivity (Wildman–Crippen MR) is 48.0 cm³/mol. The Bertz CT molecular complexity index is 214. The van der Waals surface area contributed by atoms with Crippen molar-refractivity contribution in [3.8, 4) is 0 Å². The van der Waals surface area contributed by atoms with E-state index in [9.17, 15) is 4.79 Å². The Balaban J connectivity index is 2.17. The Kier molecular flexibility index (Phi) is 1.76. The molecule has 2 atom stereocenters. The molecule has 2 heterocycles. The molecule has 12 heavy (non-hydrogen) atoms. The predicted octanol–water partition coefficient (Wildman–Crippen LogP) is 1.45. The van der Waals surface area contributed by atoms with Crippen LogP contribution in [0.4, 0.5) is 0 Å². The van der Waals surface area contributed by atoms with Gasteiger partial charge in [-0.25, -0.2) is 0 Å². The van der Waals surface area contributed by atoms with Gasteiger partial charge in [0.15, 0.2) is 0 Å². The van der Waals surface area contributed by atoms with E-state index in [1.807, 2.05) is 0 Å². The second-order valence-corrected chi connectivity index (χ2v) is 4.59. The van der Waals surface area contributed by atoms with Gasteiger partial charge in [-0.2, -0.15) is 0 Å². The Morgan fingerprint density at radius 3 is 3.08 bits per heavy atom. The summed E-state index contributed by atoms with van der Waals surface area (Å²) in [6.07, 6.45) is 3.27. The van der Waals surface area contributed by atoms with Gasteiger partial charge >= 0.3 is 0 Å². The molecule has 0 aromatic rings. The first kappa shape index (κ1) is 8.24. The number of fused-ring (bicyclic) bond motifs is 1. The van der Waals surface area contributed by atoms with E-state index >= 15 is 0 Å². The molecule has 0 aliphatic carbocycles. The van der Waals surface area contributed by atoms with Crippen LogP contribution >= 0.6 is 0 Å². The van der Waals surface area contributed by atoms with E-state index in [-0.39, 0.29) is 11.5 Å². The number of nitrogens with zero attached hydrogens (tertiary/aromatic N) is 1. The van der Waals surface area contributed by atoms with Crippen molar-refractivity contribution in [2.24, 2.45) is 5.92 Å². The van der Waals surface area contributed by atoms with Crippen molar-refractivity contribution in [2.45, 2.75) is 38.6 Å². The Morgan fingerprint density at radius 2 is 2.33 bits per heavy atom. The van der Waals surface area contributed by atoms with E-state index in [1.165, 1.54) is 19.4 Å². The maximum Gasteiger partial charge on any atom is 0.138 e. The molecule has 2 nitrogen and oxygen atoms in total. The lowest BCUT2D eigenvalue weighted by atomic mass is 9.83.